The van der Waals surface area contributed by atoms with Crippen molar-refractivity contribution in [3.8, 4) is 89.0 Å². The molecule has 12 rings (SSSR count). The van der Waals surface area contributed by atoms with Crippen LogP contribution in [0, 0.1) is 0 Å². The maximum atomic E-state index is 2.53. The SMILES string of the molecule is c1ccc(-c2cccc(-c3cc(-c4cccc(-c5ccccc5)c4)cc([Si](c4ccccc4)(c4ccccc4)c4cc(-c5cccc(-c6ccccc6)c5)cc(-c5cccc(-c6ccccc6)c5)c4)c3)c2)cc1. The topological polar surface area (TPSA) is 0 Å². The lowest BCUT2D eigenvalue weighted by atomic mass is 9.94. The summed E-state index contributed by atoms with van der Waals surface area (Å²) in [7, 11) is -3.27. The van der Waals surface area contributed by atoms with E-state index in [9.17, 15) is 0 Å². The molecule has 0 aliphatic heterocycles. The standard InChI is InChI=1S/C72H52Si/c1-7-23-53(24-8-1)57-31-19-35-61(43-57)65-47-66(62-36-20-32-58(44-62)54-25-9-2-10-26-54)50-71(49-65)73(69-39-15-5-16-40-69,70-41-17-6-18-42-70)72-51-67(63-37-21-33-59(45-63)55-27-11-3-12-28-55)48-68(52-72)64-38-22-34-60(46-64)56-29-13-4-14-30-56/h1-52H. The van der Waals surface area contributed by atoms with Crippen molar-refractivity contribution in [3.63, 3.8) is 0 Å². The first kappa shape index (κ1) is 45.0. The highest BCUT2D eigenvalue weighted by molar-refractivity contribution is 7.20. The van der Waals surface area contributed by atoms with E-state index in [1.54, 1.807) is 0 Å². The molecule has 12 aromatic carbocycles. The van der Waals surface area contributed by atoms with Crippen molar-refractivity contribution < 1.29 is 0 Å². The van der Waals surface area contributed by atoms with Crippen LogP contribution in [0.5, 0.6) is 0 Å². The fourth-order valence-electron chi connectivity index (χ4n) is 10.8. The van der Waals surface area contributed by atoms with Crippen LogP contribution in [0.2, 0.25) is 0 Å². The largest absolute Gasteiger partial charge is 0.179 e. The van der Waals surface area contributed by atoms with Gasteiger partial charge in [-0.15, -0.1) is 0 Å². The van der Waals surface area contributed by atoms with Crippen LogP contribution in [0.4, 0.5) is 0 Å². The van der Waals surface area contributed by atoms with Gasteiger partial charge >= 0.3 is 0 Å². The van der Waals surface area contributed by atoms with E-state index in [2.05, 4.69) is 315 Å². The Balaban J connectivity index is 1.17. The van der Waals surface area contributed by atoms with Crippen LogP contribution in [-0.4, -0.2) is 8.07 Å². The molecule has 0 saturated heterocycles. The summed E-state index contributed by atoms with van der Waals surface area (Å²) in [5.41, 5.74) is 19.0. The highest BCUT2D eigenvalue weighted by Crippen LogP contribution is 2.35. The van der Waals surface area contributed by atoms with Gasteiger partial charge in [0, 0.05) is 0 Å². The first-order chi connectivity index (χ1) is 36.2. The van der Waals surface area contributed by atoms with Crippen molar-refractivity contribution in [2.24, 2.45) is 0 Å². The van der Waals surface area contributed by atoms with Gasteiger partial charge in [0.1, 0.15) is 0 Å². The molecule has 1 heteroatoms. The lowest BCUT2D eigenvalue weighted by molar-refractivity contribution is 1.56. The Morgan fingerprint density at radius 1 is 0.123 bits per heavy atom. The van der Waals surface area contributed by atoms with Crippen LogP contribution in [0.1, 0.15) is 0 Å². The summed E-state index contributed by atoms with van der Waals surface area (Å²) in [5.74, 6) is 0. The number of rotatable bonds is 12. The predicted octanol–water partition coefficient (Wildman–Crippen LogP) is 16.4. The molecule has 0 fully saturated rings. The van der Waals surface area contributed by atoms with E-state index in [4.69, 9.17) is 0 Å². The monoisotopic (exact) mass is 944 g/mol. The fourth-order valence-corrected chi connectivity index (χ4v) is 15.6. The Morgan fingerprint density at radius 3 is 0.534 bits per heavy atom. The van der Waals surface area contributed by atoms with Gasteiger partial charge < -0.3 is 0 Å². The van der Waals surface area contributed by atoms with Gasteiger partial charge in [0.05, 0.1) is 0 Å². The first-order valence-corrected chi connectivity index (χ1v) is 27.2. The molecule has 0 aliphatic rings. The molecule has 344 valence electrons. The van der Waals surface area contributed by atoms with Gasteiger partial charge in [0.2, 0.25) is 0 Å². The maximum Gasteiger partial charge on any atom is 0.179 e. The molecule has 73 heavy (non-hydrogen) atoms. The van der Waals surface area contributed by atoms with Crippen molar-refractivity contribution >= 4 is 28.8 Å². The van der Waals surface area contributed by atoms with Gasteiger partial charge in [-0.05, 0) is 146 Å². The molecule has 0 bridgehead atoms. The second-order valence-electron chi connectivity index (χ2n) is 18.9. The Kier molecular flexibility index (Phi) is 12.5. The predicted molar refractivity (Wildman–Crippen MR) is 314 cm³/mol. The summed E-state index contributed by atoms with van der Waals surface area (Å²) in [6.45, 7) is 0. The molecule has 0 heterocycles. The third-order valence-corrected chi connectivity index (χ3v) is 19.1. The lowest BCUT2D eigenvalue weighted by Crippen LogP contribution is -2.74. The molecule has 0 atom stereocenters. The van der Waals surface area contributed by atoms with Crippen molar-refractivity contribution in [2.75, 3.05) is 0 Å². The van der Waals surface area contributed by atoms with Gasteiger partial charge in [0.15, 0.2) is 8.07 Å². The van der Waals surface area contributed by atoms with E-state index in [-0.39, 0.29) is 0 Å². The molecule has 0 nitrogen and oxygen atoms in total. The molecule has 0 radical (unpaired) electrons. The zero-order chi connectivity index (χ0) is 48.8. The molecule has 12 aromatic rings. The summed E-state index contributed by atoms with van der Waals surface area (Å²) < 4.78 is 0. The molecule has 0 amide bonds. The fraction of sp³-hybridized carbons (Fsp3) is 0. The molecular weight excluding hydrogens is 893 g/mol. The molecule has 0 aliphatic carbocycles. The molecule has 0 N–H and O–H groups in total. The van der Waals surface area contributed by atoms with E-state index in [1.165, 1.54) is 110 Å². The van der Waals surface area contributed by atoms with Crippen molar-refractivity contribution in [1.29, 1.82) is 0 Å². The lowest BCUT2D eigenvalue weighted by Gasteiger charge is -2.36. The molecule has 0 unspecified atom stereocenters. The van der Waals surface area contributed by atoms with Crippen LogP contribution in [0.25, 0.3) is 89.0 Å². The van der Waals surface area contributed by atoms with E-state index >= 15 is 0 Å². The Morgan fingerprint density at radius 2 is 0.301 bits per heavy atom. The summed E-state index contributed by atoms with van der Waals surface area (Å²) in [4.78, 5) is 0. The minimum absolute atomic E-state index is 1.18. The Bertz CT molecular complexity index is 3350. The minimum atomic E-state index is -3.27. The van der Waals surface area contributed by atoms with Crippen molar-refractivity contribution in [2.45, 2.75) is 0 Å². The van der Waals surface area contributed by atoms with Crippen LogP contribution in [-0.2, 0) is 0 Å². The van der Waals surface area contributed by atoms with E-state index in [0.29, 0.717) is 0 Å². The zero-order valence-electron chi connectivity index (χ0n) is 40.5. The van der Waals surface area contributed by atoms with Crippen LogP contribution in [0.3, 0.4) is 0 Å². The molecule has 0 saturated carbocycles. The van der Waals surface area contributed by atoms with Gasteiger partial charge in [-0.25, -0.2) is 0 Å². The maximum absolute atomic E-state index is 3.27. The highest BCUT2D eigenvalue weighted by Gasteiger charge is 2.42. The van der Waals surface area contributed by atoms with Gasteiger partial charge in [-0.1, -0.05) is 279 Å². The summed E-state index contributed by atoms with van der Waals surface area (Å²) >= 11 is 0. The smallest absolute Gasteiger partial charge is 0.0623 e. The molecule has 0 aromatic heterocycles. The van der Waals surface area contributed by atoms with Crippen molar-refractivity contribution in [3.05, 3.63) is 315 Å². The van der Waals surface area contributed by atoms with E-state index < -0.39 is 8.07 Å². The van der Waals surface area contributed by atoms with Crippen molar-refractivity contribution in [1.82, 2.24) is 0 Å². The van der Waals surface area contributed by atoms with Gasteiger partial charge in [0.25, 0.3) is 0 Å². The third-order valence-electron chi connectivity index (χ3n) is 14.4. The third kappa shape index (κ3) is 9.22. The molecular formula is C72H52Si. The summed E-state index contributed by atoms with van der Waals surface area (Å²) in [5, 5.41) is 5.26. The second-order valence-corrected chi connectivity index (χ2v) is 22.7. The highest BCUT2D eigenvalue weighted by atomic mass is 28.3. The normalized spacial score (nSPS) is 11.3. The van der Waals surface area contributed by atoms with Crippen LogP contribution in [0.15, 0.2) is 315 Å². The van der Waals surface area contributed by atoms with Gasteiger partial charge in [-0.2, -0.15) is 0 Å². The van der Waals surface area contributed by atoms with Gasteiger partial charge in [-0.3, -0.25) is 0 Å². The first-order valence-electron chi connectivity index (χ1n) is 25.2. The van der Waals surface area contributed by atoms with Crippen LogP contribution >= 0.6 is 0 Å². The van der Waals surface area contributed by atoms with E-state index in [0.717, 1.165) is 0 Å². The number of hydrogen-bond donors (Lipinski definition) is 0. The quantitative estimate of drug-likeness (QED) is 0.0846. The number of hydrogen-bond acceptors (Lipinski definition) is 0. The summed E-state index contributed by atoms with van der Waals surface area (Å²) in [6.07, 6.45) is 0. The molecule has 0 spiro atoms. The minimum Gasteiger partial charge on any atom is -0.0623 e. The average molecular weight is 945 g/mol. The Hall–Kier alpha value is -9.14. The zero-order valence-corrected chi connectivity index (χ0v) is 41.5. The van der Waals surface area contributed by atoms with Crippen LogP contribution < -0.4 is 20.7 Å². The average Bonchev–Trinajstić information content (AvgIpc) is 3.49. The Labute approximate surface area is 430 Å². The second kappa shape index (κ2) is 20.3. The van der Waals surface area contributed by atoms with E-state index in [1.807, 2.05) is 0 Å². The summed E-state index contributed by atoms with van der Waals surface area (Å²) in [6, 6.07) is 117. The number of benzene rings is 12.